The van der Waals surface area contributed by atoms with E-state index in [4.69, 9.17) is 18.5 Å². The van der Waals surface area contributed by atoms with Crippen molar-refractivity contribution in [3.8, 4) is 22.4 Å². The molecule has 4 aromatic rings. The summed E-state index contributed by atoms with van der Waals surface area (Å²) in [5.41, 5.74) is 4.10. The van der Waals surface area contributed by atoms with Crippen molar-refractivity contribution in [2.24, 2.45) is 0 Å². The summed E-state index contributed by atoms with van der Waals surface area (Å²) < 4.78 is 52.3. The molecule has 1 heterocycles. The predicted octanol–water partition coefficient (Wildman–Crippen LogP) is 19.4. The van der Waals surface area contributed by atoms with Gasteiger partial charge in [-0.1, -0.05) is 256 Å². The van der Waals surface area contributed by atoms with E-state index in [0.29, 0.717) is 46.6 Å². The summed E-state index contributed by atoms with van der Waals surface area (Å²) in [7, 11) is -5.12. The Bertz CT molecular complexity index is 2580. The third kappa shape index (κ3) is 31.5. The fourth-order valence-corrected chi connectivity index (χ4v) is 12.5. The van der Waals surface area contributed by atoms with Crippen LogP contribution in [0.4, 0.5) is 10.1 Å². The number of rotatable bonds is 52. The van der Waals surface area contributed by atoms with E-state index in [0.717, 1.165) is 50.5 Å². The number of nitrogens with one attached hydrogen (secondary N) is 1. The summed E-state index contributed by atoms with van der Waals surface area (Å²) in [6, 6.07) is 24.3. The number of nitrogens with zero attached hydrogens (tertiary/aromatic N) is 1. The van der Waals surface area contributed by atoms with Crippen LogP contribution in [0.3, 0.4) is 0 Å². The second-order valence-corrected chi connectivity index (χ2v) is 25.9. The van der Waals surface area contributed by atoms with Gasteiger partial charge < -0.3 is 34.5 Å². The van der Waals surface area contributed by atoms with Crippen LogP contribution < -0.4 is 5.32 Å². The molecule has 88 heavy (non-hydrogen) atoms. The molecule has 0 aliphatic heterocycles. The molecule has 0 radical (unpaired) electrons. The number of carbonyl (C=O) groups excluding carboxylic acids is 3. The summed E-state index contributed by atoms with van der Waals surface area (Å²) in [4.78, 5) is 64.1. The molecule has 0 fully saturated rings. The van der Waals surface area contributed by atoms with Gasteiger partial charge in [0.25, 0.3) is 5.91 Å². The lowest BCUT2D eigenvalue weighted by Crippen LogP contribution is -2.30. The highest BCUT2D eigenvalue weighted by Gasteiger charge is 2.34. The molecule has 0 saturated carbocycles. The van der Waals surface area contributed by atoms with Crippen LogP contribution in [-0.2, 0) is 44.0 Å². The van der Waals surface area contributed by atoms with Crippen LogP contribution in [0.5, 0.6) is 0 Å². The molecule has 1 amide bonds. The van der Waals surface area contributed by atoms with E-state index in [1.54, 1.807) is 24.3 Å². The molecule has 4 N–H and O–H groups in total. The van der Waals surface area contributed by atoms with Gasteiger partial charge in [0, 0.05) is 42.8 Å². The maximum Gasteiger partial charge on any atom is 0.472 e. The number of ether oxygens (including phenoxy) is 2. The minimum Gasteiger partial charge on any atom is -0.481 e. The number of carboxylic acids is 1. The first-order valence-electron chi connectivity index (χ1n) is 34.0. The third-order valence-corrected chi connectivity index (χ3v) is 17.4. The van der Waals surface area contributed by atoms with Crippen molar-refractivity contribution in [3.63, 3.8) is 0 Å². The third-order valence-electron chi connectivity index (χ3n) is 16.3. The van der Waals surface area contributed by atoms with Crippen molar-refractivity contribution in [1.82, 2.24) is 4.57 Å². The number of phosphoric ester groups is 1. The minimum absolute atomic E-state index is 0.0330. The average molecular weight is 1250 g/mol. The fourth-order valence-electron chi connectivity index (χ4n) is 11.6. The summed E-state index contributed by atoms with van der Waals surface area (Å²) in [5.74, 6) is -3.53. The maximum absolute atomic E-state index is 14.6. The van der Waals surface area contributed by atoms with E-state index in [-0.39, 0.29) is 37.6 Å². The second kappa shape index (κ2) is 45.1. The first-order chi connectivity index (χ1) is 42.6. The standard InChI is InChI=1S/C72H110FN2O12P/c1-5-7-9-11-13-15-17-19-21-23-25-27-29-31-39-45-66(79)84-55-64(86-67(80)46-40-32-30-28-26-24-22-20-18-16-14-12-10-8-6-2)56-85-88(82,83)87-63(54-65(77)78)53-62(76)51-52-75-70(57(3)4)69(72(81)74-61-43-37-34-38-44-61)68(58-41-35-33-36-42-58)71(75)59-47-49-60(73)50-48-59/h33-38,41-44,47-50,57,62-64,76H,5-32,39-40,45-46,51-56H2,1-4H3,(H,74,81)(H,77,78)(H,82,83)/t62-,63-,64?/m1/s1. The van der Waals surface area contributed by atoms with Gasteiger partial charge in [0.1, 0.15) is 12.4 Å². The number of hydrogen-bond acceptors (Lipinski definition) is 10. The summed E-state index contributed by atoms with van der Waals surface area (Å²) in [6.45, 7) is 7.32. The van der Waals surface area contributed by atoms with Crippen LogP contribution in [0, 0.1) is 5.82 Å². The van der Waals surface area contributed by atoms with Crippen molar-refractivity contribution in [2.75, 3.05) is 18.5 Å². The topological polar surface area (TPSA) is 200 Å². The number of benzene rings is 3. The van der Waals surface area contributed by atoms with E-state index in [1.165, 1.54) is 147 Å². The normalized spacial score (nSPS) is 13.3. The first kappa shape index (κ1) is 75.3. The molecule has 4 atom stereocenters. The smallest absolute Gasteiger partial charge is 0.472 e. The van der Waals surface area contributed by atoms with Gasteiger partial charge in [0.15, 0.2) is 6.10 Å². The number of halogens is 1. The minimum atomic E-state index is -5.12. The lowest BCUT2D eigenvalue weighted by atomic mass is 9.94. The van der Waals surface area contributed by atoms with E-state index in [2.05, 4.69) is 19.2 Å². The van der Waals surface area contributed by atoms with Crippen LogP contribution in [0.2, 0.25) is 0 Å². The van der Waals surface area contributed by atoms with Gasteiger partial charge in [-0.05, 0) is 72.7 Å². The highest BCUT2D eigenvalue weighted by molar-refractivity contribution is 7.47. The zero-order valence-corrected chi connectivity index (χ0v) is 54.9. The largest absolute Gasteiger partial charge is 0.481 e. The number of anilines is 1. The number of aliphatic hydroxyl groups is 1. The molecular weight excluding hydrogens is 1130 g/mol. The molecule has 3 aromatic carbocycles. The zero-order valence-electron chi connectivity index (χ0n) is 54.1. The molecular formula is C72H110FN2O12P. The Balaban J connectivity index is 1.38. The van der Waals surface area contributed by atoms with Crippen LogP contribution in [-0.4, -0.2) is 75.0 Å². The van der Waals surface area contributed by atoms with Crippen LogP contribution in [0.1, 0.15) is 274 Å². The average Bonchev–Trinajstić information content (AvgIpc) is 1.61. The first-order valence-corrected chi connectivity index (χ1v) is 35.5. The summed E-state index contributed by atoms with van der Waals surface area (Å²) in [6.07, 6.45) is 30.4. The quantitative estimate of drug-likeness (QED) is 0.0186. The molecule has 1 aromatic heterocycles. The Labute approximate surface area is 527 Å². The Morgan fingerprint density at radius 1 is 0.580 bits per heavy atom. The number of phosphoric acid groups is 1. The number of hydrogen-bond donors (Lipinski definition) is 4. The number of carbonyl (C=O) groups is 4. The molecule has 0 bridgehead atoms. The van der Waals surface area contributed by atoms with E-state index in [9.17, 15) is 43.2 Å². The molecule has 0 saturated heterocycles. The summed E-state index contributed by atoms with van der Waals surface area (Å²) in [5, 5.41) is 24.7. The van der Waals surface area contributed by atoms with Crippen LogP contribution >= 0.6 is 7.82 Å². The van der Waals surface area contributed by atoms with E-state index < -0.39 is 75.9 Å². The monoisotopic (exact) mass is 1240 g/mol. The Morgan fingerprint density at radius 3 is 1.50 bits per heavy atom. The number of amides is 1. The molecule has 0 spiro atoms. The van der Waals surface area contributed by atoms with Crippen molar-refractivity contribution in [1.29, 1.82) is 0 Å². The highest BCUT2D eigenvalue weighted by Crippen LogP contribution is 2.47. The highest BCUT2D eigenvalue weighted by atomic mass is 31.2. The number of para-hydroxylation sites is 1. The zero-order chi connectivity index (χ0) is 63.6. The number of aliphatic hydroxyl groups excluding tert-OH is 1. The number of aliphatic carboxylic acids is 1. The number of aromatic nitrogens is 1. The van der Waals surface area contributed by atoms with Crippen molar-refractivity contribution in [3.05, 3.63) is 102 Å². The molecule has 492 valence electrons. The van der Waals surface area contributed by atoms with Crippen molar-refractivity contribution < 1.29 is 61.8 Å². The lowest BCUT2D eigenvalue weighted by molar-refractivity contribution is -0.161. The maximum atomic E-state index is 14.6. The van der Waals surface area contributed by atoms with Gasteiger partial charge in [-0.3, -0.25) is 28.2 Å². The lowest BCUT2D eigenvalue weighted by Gasteiger charge is -2.24. The number of carboxylic acid groups (broad SMARTS) is 1. The molecule has 16 heteroatoms. The van der Waals surface area contributed by atoms with Crippen LogP contribution in [0.15, 0.2) is 84.9 Å². The molecule has 0 aliphatic rings. The van der Waals surface area contributed by atoms with Gasteiger partial charge in [-0.25, -0.2) is 8.96 Å². The van der Waals surface area contributed by atoms with Crippen LogP contribution in [0.25, 0.3) is 22.4 Å². The second-order valence-electron chi connectivity index (χ2n) is 24.4. The van der Waals surface area contributed by atoms with Gasteiger partial charge in [0.2, 0.25) is 0 Å². The predicted molar refractivity (Wildman–Crippen MR) is 352 cm³/mol. The van der Waals surface area contributed by atoms with Gasteiger partial charge >= 0.3 is 25.7 Å². The van der Waals surface area contributed by atoms with Gasteiger partial charge in [0.05, 0.1) is 36.5 Å². The Morgan fingerprint density at radius 2 is 1.03 bits per heavy atom. The fraction of sp³-hybridized carbons (Fsp3) is 0.639. The van der Waals surface area contributed by atoms with Crippen molar-refractivity contribution >= 4 is 37.3 Å². The van der Waals surface area contributed by atoms with Gasteiger partial charge in [-0.15, -0.1) is 0 Å². The molecule has 4 rings (SSSR count). The van der Waals surface area contributed by atoms with E-state index in [1.807, 2.05) is 66.9 Å². The molecule has 14 nitrogen and oxygen atoms in total. The number of unbranched alkanes of at least 4 members (excludes halogenated alkanes) is 28. The number of esters is 2. The molecule has 2 unspecified atom stereocenters. The Hall–Kier alpha value is -5.18. The van der Waals surface area contributed by atoms with E-state index >= 15 is 0 Å². The van der Waals surface area contributed by atoms with Crippen molar-refractivity contribution in [2.45, 2.75) is 283 Å². The molecule has 0 aliphatic carbocycles. The van der Waals surface area contributed by atoms with Gasteiger partial charge in [-0.2, -0.15) is 0 Å². The Kier molecular flexibility index (Phi) is 38.6. The SMILES string of the molecule is CCCCCCCCCCCCCCCCCC(=O)OCC(COP(=O)(O)O[C@@H](CC(=O)O)C[C@H](O)CCn1c(-c2ccc(F)cc2)c(-c2ccccc2)c(C(=O)Nc2ccccc2)c1C(C)C)OC(=O)CCCCCCCCCCCCCCCCC. The summed E-state index contributed by atoms with van der Waals surface area (Å²) >= 11 is 0.